The van der Waals surface area contributed by atoms with Gasteiger partial charge in [0.05, 0.1) is 19.3 Å². The summed E-state index contributed by atoms with van der Waals surface area (Å²) in [6, 6.07) is 0. The zero-order valence-electron chi connectivity index (χ0n) is 12.2. The van der Waals surface area contributed by atoms with Crippen molar-refractivity contribution in [1.29, 1.82) is 0 Å². The number of hydrogen-bond acceptors (Lipinski definition) is 4. The third-order valence-electron chi connectivity index (χ3n) is 2.48. The summed E-state index contributed by atoms with van der Waals surface area (Å²) >= 11 is 0. The van der Waals surface area contributed by atoms with E-state index in [2.05, 4.69) is 0 Å². The molecule has 4 nitrogen and oxygen atoms in total. The lowest BCUT2D eigenvalue weighted by molar-refractivity contribution is -0.142. The first-order valence-electron chi connectivity index (χ1n) is 7.10. The summed E-state index contributed by atoms with van der Waals surface area (Å²) in [5, 5.41) is 17.7. The fourth-order valence-electron chi connectivity index (χ4n) is 1.42. The van der Waals surface area contributed by atoms with Crippen molar-refractivity contribution in [2.45, 2.75) is 45.1 Å². The molecule has 0 spiro atoms. The van der Waals surface area contributed by atoms with E-state index in [1.165, 1.54) is 0 Å². The predicted molar refractivity (Wildman–Crippen MR) is 80.2 cm³/mol. The summed E-state index contributed by atoms with van der Waals surface area (Å²) in [6.45, 7) is 2.04. The molecule has 0 saturated carbocycles. The van der Waals surface area contributed by atoms with Gasteiger partial charge in [-0.1, -0.05) is 36.5 Å². The van der Waals surface area contributed by atoms with Crippen LogP contribution in [0.2, 0.25) is 0 Å². The van der Waals surface area contributed by atoms with E-state index in [-0.39, 0.29) is 12.6 Å². The monoisotopic (exact) mass is 282 g/mol. The van der Waals surface area contributed by atoms with Gasteiger partial charge in [-0.25, -0.2) is 0 Å². The van der Waals surface area contributed by atoms with Crippen LogP contribution in [0.5, 0.6) is 0 Å². The maximum Gasteiger partial charge on any atom is 0.306 e. The van der Waals surface area contributed by atoms with E-state index in [1.807, 2.05) is 36.5 Å². The summed E-state index contributed by atoms with van der Waals surface area (Å²) in [5.41, 5.74) is 0. The molecule has 0 bridgehead atoms. The van der Waals surface area contributed by atoms with Gasteiger partial charge in [-0.3, -0.25) is 4.79 Å². The molecular formula is C16H26O4. The van der Waals surface area contributed by atoms with Crippen LogP contribution in [0.4, 0.5) is 0 Å². The summed E-state index contributed by atoms with van der Waals surface area (Å²) in [6.07, 6.45) is 14.5. The molecule has 0 rings (SSSR count). The molecule has 0 aliphatic carbocycles. The second kappa shape index (κ2) is 14.0. The van der Waals surface area contributed by atoms with Crippen LogP contribution in [-0.2, 0) is 9.53 Å². The molecule has 0 aliphatic rings. The van der Waals surface area contributed by atoms with Crippen molar-refractivity contribution >= 4 is 5.97 Å². The first-order valence-corrected chi connectivity index (χ1v) is 7.10. The van der Waals surface area contributed by atoms with Gasteiger partial charge < -0.3 is 14.9 Å². The fraction of sp³-hybridized carbons (Fsp3) is 0.562. The van der Waals surface area contributed by atoms with Gasteiger partial charge in [-0.2, -0.15) is 0 Å². The Labute approximate surface area is 121 Å². The highest BCUT2D eigenvalue weighted by atomic mass is 16.5. The Morgan fingerprint density at radius 3 is 2.30 bits per heavy atom. The number of rotatable bonds is 11. The molecule has 0 aliphatic heterocycles. The van der Waals surface area contributed by atoms with Crippen molar-refractivity contribution in [2.24, 2.45) is 0 Å². The normalized spacial score (nSPS) is 13.6. The minimum Gasteiger partial charge on any atom is -0.466 e. The number of esters is 1. The second-order valence-electron chi connectivity index (χ2n) is 4.30. The lowest BCUT2D eigenvalue weighted by atomic mass is 10.2. The van der Waals surface area contributed by atoms with Crippen molar-refractivity contribution in [3.05, 3.63) is 36.5 Å². The van der Waals surface area contributed by atoms with Gasteiger partial charge >= 0.3 is 5.97 Å². The molecule has 4 heteroatoms. The van der Waals surface area contributed by atoms with Gasteiger partial charge in [0.2, 0.25) is 0 Å². The van der Waals surface area contributed by atoms with Crippen LogP contribution < -0.4 is 0 Å². The highest BCUT2D eigenvalue weighted by Gasteiger charge is 1.97. The second-order valence-corrected chi connectivity index (χ2v) is 4.30. The van der Waals surface area contributed by atoms with E-state index in [4.69, 9.17) is 14.9 Å². The minimum atomic E-state index is -0.655. The summed E-state index contributed by atoms with van der Waals surface area (Å²) in [5.74, 6) is -0.150. The van der Waals surface area contributed by atoms with Crippen LogP contribution in [0.3, 0.4) is 0 Å². The molecule has 0 fully saturated rings. The fourth-order valence-corrected chi connectivity index (χ4v) is 1.42. The van der Waals surface area contributed by atoms with Gasteiger partial charge in [0.15, 0.2) is 0 Å². The molecule has 0 aromatic heterocycles. The Morgan fingerprint density at radius 2 is 1.70 bits per heavy atom. The van der Waals surface area contributed by atoms with E-state index in [1.54, 1.807) is 6.92 Å². The quantitative estimate of drug-likeness (QED) is 0.451. The van der Waals surface area contributed by atoms with Crippen molar-refractivity contribution in [1.82, 2.24) is 0 Å². The molecule has 1 unspecified atom stereocenters. The van der Waals surface area contributed by atoms with Crippen molar-refractivity contribution < 1.29 is 19.7 Å². The van der Waals surface area contributed by atoms with Crippen molar-refractivity contribution in [3.63, 3.8) is 0 Å². The molecule has 0 saturated heterocycles. The number of aliphatic hydroxyl groups is 2. The van der Waals surface area contributed by atoms with E-state index < -0.39 is 6.10 Å². The molecule has 0 heterocycles. The zero-order chi connectivity index (χ0) is 15.1. The van der Waals surface area contributed by atoms with Gasteiger partial charge in [-0.05, 0) is 32.6 Å². The van der Waals surface area contributed by atoms with Gasteiger partial charge in [0, 0.05) is 6.42 Å². The van der Waals surface area contributed by atoms with Crippen LogP contribution in [-0.4, -0.2) is 35.5 Å². The van der Waals surface area contributed by atoms with Gasteiger partial charge in [0.1, 0.15) is 0 Å². The van der Waals surface area contributed by atoms with Crippen molar-refractivity contribution in [2.75, 3.05) is 13.2 Å². The van der Waals surface area contributed by atoms with E-state index in [0.717, 1.165) is 12.8 Å². The summed E-state index contributed by atoms with van der Waals surface area (Å²) < 4.78 is 4.82. The number of carbonyl (C=O) groups excluding carboxylic acids is 1. The number of carbonyl (C=O) groups is 1. The van der Waals surface area contributed by atoms with E-state index >= 15 is 0 Å². The molecule has 1 atom stereocenters. The van der Waals surface area contributed by atoms with Crippen LogP contribution >= 0.6 is 0 Å². The number of allylic oxidation sites excluding steroid dienone is 5. The minimum absolute atomic E-state index is 0.150. The Morgan fingerprint density at radius 1 is 1.10 bits per heavy atom. The largest absolute Gasteiger partial charge is 0.466 e. The third kappa shape index (κ3) is 13.1. The Bertz CT molecular complexity index is 318. The number of ether oxygens (including phenoxy) is 1. The third-order valence-corrected chi connectivity index (χ3v) is 2.48. The first kappa shape index (κ1) is 18.6. The molecule has 0 aromatic carbocycles. The SMILES string of the molecule is CCOC(=O)CC/C=C\C/C=C\C/C=C\CC(O)CO. The first-order chi connectivity index (χ1) is 9.70. The van der Waals surface area contributed by atoms with E-state index in [9.17, 15) is 4.79 Å². The lowest BCUT2D eigenvalue weighted by Gasteiger charge is -2.00. The lowest BCUT2D eigenvalue weighted by Crippen LogP contribution is -2.09. The summed E-state index contributed by atoms with van der Waals surface area (Å²) in [7, 11) is 0. The Kier molecular flexibility index (Phi) is 13.1. The van der Waals surface area contributed by atoms with E-state index in [0.29, 0.717) is 25.9 Å². The molecule has 0 amide bonds. The number of aliphatic hydroxyl groups excluding tert-OH is 2. The standard InChI is InChI=1S/C16H26O4/c1-2-20-16(19)13-11-9-7-5-3-4-6-8-10-12-15(18)14-17/h3-4,7-10,15,17-18H,2,5-6,11-14H2,1H3/b4-3-,9-7-,10-8-. The average Bonchev–Trinajstić information content (AvgIpc) is 2.44. The summed E-state index contributed by atoms with van der Waals surface area (Å²) in [4.78, 5) is 11.0. The number of hydrogen-bond donors (Lipinski definition) is 2. The van der Waals surface area contributed by atoms with Gasteiger partial charge in [0.25, 0.3) is 0 Å². The van der Waals surface area contributed by atoms with Crippen LogP contribution in [0, 0.1) is 0 Å². The van der Waals surface area contributed by atoms with Crippen LogP contribution in [0.1, 0.15) is 39.0 Å². The molecular weight excluding hydrogens is 256 g/mol. The van der Waals surface area contributed by atoms with Crippen LogP contribution in [0.15, 0.2) is 36.5 Å². The maximum absolute atomic E-state index is 11.0. The van der Waals surface area contributed by atoms with Gasteiger partial charge in [-0.15, -0.1) is 0 Å². The predicted octanol–water partition coefficient (Wildman–Crippen LogP) is 2.52. The maximum atomic E-state index is 11.0. The van der Waals surface area contributed by atoms with Crippen molar-refractivity contribution in [3.8, 4) is 0 Å². The Balaban J connectivity index is 3.49. The smallest absolute Gasteiger partial charge is 0.306 e. The highest BCUT2D eigenvalue weighted by molar-refractivity contribution is 5.69. The molecule has 20 heavy (non-hydrogen) atoms. The molecule has 114 valence electrons. The zero-order valence-corrected chi connectivity index (χ0v) is 12.2. The molecule has 2 N–H and O–H groups in total. The molecule has 0 radical (unpaired) electrons. The topological polar surface area (TPSA) is 66.8 Å². The average molecular weight is 282 g/mol. The molecule has 0 aromatic rings. The van der Waals surface area contributed by atoms with Crippen LogP contribution in [0.25, 0.3) is 0 Å². The highest BCUT2D eigenvalue weighted by Crippen LogP contribution is 1.98. The Hall–Kier alpha value is -1.39.